The van der Waals surface area contributed by atoms with E-state index in [0.29, 0.717) is 0 Å². The van der Waals surface area contributed by atoms with Crippen molar-refractivity contribution in [3.05, 3.63) is 36.4 Å². The maximum atomic E-state index is 4.13. The Hall–Kier alpha value is -1.58. The van der Waals surface area contributed by atoms with Crippen LogP contribution in [0.3, 0.4) is 0 Å². The monoisotopic (exact) mass is 248 g/mol. The summed E-state index contributed by atoms with van der Waals surface area (Å²) in [6, 6.07) is 0. The number of aromatic nitrogens is 4. The normalized spacial score (nSPS) is 11.9. The average Bonchev–Trinajstić information content (AvgIpc) is 2.91. The molecule has 0 saturated carbocycles. The van der Waals surface area contributed by atoms with E-state index in [9.17, 15) is 0 Å². The molecule has 0 aliphatic heterocycles. The van der Waals surface area contributed by atoms with Crippen molar-refractivity contribution < 1.29 is 0 Å². The van der Waals surface area contributed by atoms with Crippen LogP contribution in [0.25, 0.3) is 0 Å². The molecule has 0 saturated heterocycles. The Kier molecular flexibility index (Phi) is 4.33. The van der Waals surface area contributed by atoms with Crippen molar-refractivity contribution in [2.24, 2.45) is 0 Å². The summed E-state index contributed by atoms with van der Waals surface area (Å²) in [5.41, 5.74) is 1.54. The number of imidazole rings is 2. The summed E-state index contributed by atoms with van der Waals surface area (Å²) in [7, 11) is 0. The van der Waals surface area contributed by atoms with E-state index in [0.717, 1.165) is 5.82 Å². The first-order valence-corrected chi connectivity index (χ1v) is 6.20. The molecule has 0 amide bonds. The van der Waals surface area contributed by atoms with Gasteiger partial charge in [-0.25, -0.2) is 9.97 Å². The zero-order valence-corrected chi connectivity index (χ0v) is 12.2. The minimum Gasteiger partial charge on any atom is -0.348 e. The molecule has 2 heterocycles. The van der Waals surface area contributed by atoms with Crippen LogP contribution in [0.15, 0.2) is 24.9 Å². The largest absolute Gasteiger partial charge is 0.348 e. The fourth-order valence-corrected chi connectivity index (χ4v) is 1.34. The third-order valence-corrected chi connectivity index (χ3v) is 2.51. The molecule has 0 aliphatic rings. The first-order valence-electron chi connectivity index (χ1n) is 6.20. The van der Waals surface area contributed by atoms with Crippen molar-refractivity contribution in [1.29, 1.82) is 0 Å². The number of nitrogens with one attached hydrogen (secondary N) is 2. The topological polar surface area (TPSA) is 57.4 Å². The quantitative estimate of drug-likeness (QED) is 0.750. The lowest BCUT2D eigenvalue weighted by atomic mass is 9.93. The lowest BCUT2D eigenvalue weighted by Gasteiger charge is -2.14. The van der Waals surface area contributed by atoms with Gasteiger partial charge < -0.3 is 9.97 Å². The fourth-order valence-electron chi connectivity index (χ4n) is 1.34. The molecule has 0 aliphatic carbocycles. The lowest BCUT2D eigenvalue weighted by molar-refractivity contribution is 0.552. The fraction of sp³-hybridized carbons (Fsp3) is 0.571. The molecule has 2 aromatic heterocycles. The summed E-state index contributed by atoms with van der Waals surface area (Å²) in [6.07, 6.45) is 7.20. The van der Waals surface area contributed by atoms with Gasteiger partial charge in [0.05, 0.1) is 6.33 Å². The van der Waals surface area contributed by atoms with Crippen molar-refractivity contribution in [2.75, 3.05) is 0 Å². The van der Waals surface area contributed by atoms with E-state index in [-0.39, 0.29) is 10.8 Å². The van der Waals surface area contributed by atoms with Gasteiger partial charge in [0.1, 0.15) is 5.82 Å². The molecule has 2 N–H and O–H groups in total. The van der Waals surface area contributed by atoms with Crippen LogP contribution in [0, 0.1) is 0 Å². The molecule has 0 fully saturated rings. The standard InChI is InChI=1S/2C7H12N2/c1-7(2,3)6-4-8-5-9-6;1-7(2,3)6-8-4-5-9-6/h2*4-5H,1-3H3,(H,8,9). The van der Waals surface area contributed by atoms with Crippen molar-refractivity contribution >= 4 is 0 Å². The highest BCUT2D eigenvalue weighted by Crippen LogP contribution is 2.18. The molecule has 2 aromatic rings. The van der Waals surface area contributed by atoms with Crippen LogP contribution in [0.1, 0.15) is 53.1 Å². The molecule has 0 spiro atoms. The van der Waals surface area contributed by atoms with Gasteiger partial charge in [-0.3, -0.25) is 0 Å². The highest BCUT2D eigenvalue weighted by Gasteiger charge is 2.15. The van der Waals surface area contributed by atoms with E-state index in [1.165, 1.54) is 5.69 Å². The zero-order chi connectivity index (χ0) is 13.8. The Labute approximate surface area is 109 Å². The molecule has 4 heteroatoms. The van der Waals surface area contributed by atoms with Gasteiger partial charge >= 0.3 is 0 Å². The molecule has 0 unspecified atom stereocenters. The summed E-state index contributed by atoms with van der Waals surface area (Å²) in [5, 5.41) is 0. The van der Waals surface area contributed by atoms with Crippen molar-refractivity contribution in [2.45, 2.75) is 52.4 Å². The summed E-state index contributed by atoms with van der Waals surface area (Å²) >= 11 is 0. The second kappa shape index (κ2) is 5.38. The zero-order valence-electron chi connectivity index (χ0n) is 12.2. The number of aromatic amines is 2. The third kappa shape index (κ3) is 4.35. The predicted octanol–water partition coefficient (Wildman–Crippen LogP) is 3.41. The maximum Gasteiger partial charge on any atom is 0.111 e. The van der Waals surface area contributed by atoms with E-state index < -0.39 is 0 Å². The van der Waals surface area contributed by atoms with Gasteiger partial charge in [0.2, 0.25) is 0 Å². The summed E-state index contributed by atoms with van der Waals surface area (Å²) in [6.45, 7) is 12.9. The van der Waals surface area contributed by atoms with Crippen LogP contribution >= 0.6 is 0 Å². The van der Waals surface area contributed by atoms with Crippen LogP contribution < -0.4 is 0 Å². The molecule has 4 nitrogen and oxygen atoms in total. The second-order valence-corrected chi connectivity index (χ2v) is 6.40. The number of rotatable bonds is 0. The van der Waals surface area contributed by atoms with E-state index in [2.05, 4.69) is 61.5 Å². The first-order chi connectivity index (χ1) is 8.21. The molecular weight excluding hydrogens is 224 g/mol. The Balaban J connectivity index is 0.000000180. The Morgan fingerprint density at radius 3 is 1.83 bits per heavy atom. The highest BCUT2D eigenvalue weighted by molar-refractivity contribution is 5.07. The first kappa shape index (κ1) is 14.5. The van der Waals surface area contributed by atoms with Gasteiger partial charge in [0.15, 0.2) is 0 Å². The smallest absolute Gasteiger partial charge is 0.111 e. The average molecular weight is 248 g/mol. The van der Waals surface area contributed by atoms with Crippen LogP contribution in [-0.4, -0.2) is 19.9 Å². The maximum absolute atomic E-state index is 4.13. The van der Waals surface area contributed by atoms with Crippen LogP contribution in [0.4, 0.5) is 0 Å². The second-order valence-electron chi connectivity index (χ2n) is 6.40. The molecule has 0 radical (unpaired) electrons. The number of nitrogens with zero attached hydrogens (tertiary/aromatic N) is 2. The van der Waals surface area contributed by atoms with E-state index in [1.807, 2.05) is 12.4 Å². The van der Waals surface area contributed by atoms with Gasteiger partial charge in [-0.1, -0.05) is 41.5 Å². The molecule has 0 aromatic carbocycles. The van der Waals surface area contributed by atoms with Gasteiger partial charge in [-0.15, -0.1) is 0 Å². The summed E-state index contributed by atoms with van der Waals surface area (Å²) in [4.78, 5) is 14.2. The molecule has 0 bridgehead atoms. The minimum absolute atomic E-state index is 0.156. The molecule has 2 rings (SSSR count). The summed E-state index contributed by atoms with van der Waals surface area (Å²) < 4.78 is 0. The SMILES string of the molecule is CC(C)(C)c1cnc[nH]1.CC(C)(C)c1ncc[nH]1. The van der Waals surface area contributed by atoms with E-state index in [1.54, 1.807) is 12.5 Å². The number of H-pyrrole nitrogens is 2. The number of hydrogen-bond donors (Lipinski definition) is 2. The van der Waals surface area contributed by atoms with Gasteiger partial charge in [0, 0.05) is 35.1 Å². The lowest BCUT2D eigenvalue weighted by Crippen LogP contribution is -2.12. The molecule has 0 atom stereocenters. The minimum atomic E-state index is 0.156. The van der Waals surface area contributed by atoms with Crippen molar-refractivity contribution in [3.63, 3.8) is 0 Å². The summed E-state index contributed by atoms with van der Waals surface area (Å²) in [5.74, 6) is 1.04. The van der Waals surface area contributed by atoms with Crippen molar-refractivity contribution in [3.8, 4) is 0 Å². The molecule has 100 valence electrons. The Morgan fingerprint density at radius 2 is 1.61 bits per heavy atom. The third-order valence-electron chi connectivity index (χ3n) is 2.51. The van der Waals surface area contributed by atoms with Crippen LogP contribution in [0.2, 0.25) is 0 Å². The number of hydrogen-bond acceptors (Lipinski definition) is 2. The van der Waals surface area contributed by atoms with Gasteiger partial charge in [-0.05, 0) is 0 Å². The van der Waals surface area contributed by atoms with Gasteiger partial charge in [0.25, 0.3) is 0 Å². The van der Waals surface area contributed by atoms with Crippen molar-refractivity contribution in [1.82, 2.24) is 19.9 Å². The van der Waals surface area contributed by atoms with Crippen LogP contribution in [0.5, 0.6) is 0 Å². The molecule has 18 heavy (non-hydrogen) atoms. The highest BCUT2D eigenvalue weighted by atomic mass is 14.9. The Bertz CT molecular complexity index is 383. The van der Waals surface area contributed by atoms with Gasteiger partial charge in [-0.2, -0.15) is 0 Å². The Morgan fingerprint density at radius 1 is 0.944 bits per heavy atom. The van der Waals surface area contributed by atoms with Crippen LogP contribution in [-0.2, 0) is 10.8 Å². The molecular formula is C14H24N4. The van der Waals surface area contributed by atoms with E-state index in [4.69, 9.17) is 0 Å². The van der Waals surface area contributed by atoms with E-state index >= 15 is 0 Å². The predicted molar refractivity (Wildman–Crippen MR) is 74.6 cm³/mol.